The van der Waals surface area contributed by atoms with Gasteiger partial charge in [-0.15, -0.1) is 0 Å². The van der Waals surface area contributed by atoms with E-state index in [1.54, 1.807) is 0 Å². The molecule has 1 heterocycles. The van der Waals surface area contributed by atoms with Gasteiger partial charge in [-0.1, -0.05) is 50.1 Å². The molecule has 2 nitrogen and oxygen atoms in total. The maximum Gasteiger partial charge on any atom is 0.0207 e. The second-order valence-electron chi connectivity index (χ2n) is 5.68. The maximum absolute atomic E-state index is 3.70. The van der Waals surface area contributed by atoms with Crippen LogP contribution in [0.25, 0.3) is 0 Å². The molecule has 106 valence electrons. The van der Waals surface area contributed by atoms with Gasteiger partial charge in [0, 0.05) is 19.1 Å². The lowest BCUT2D eigenvalue weighted by atomic mass is 10.1. The van der Waals surface area contributed by atoms with Crippen LogP contribution < -0.4 is 5.32 Å². The Labute approximate surface area is 118 Å². The second kappa shape index (κ2) is 8.34. The molecule has 1 N–H and O–H groups in total. The van der Waals surface area contributed by atoms with Gasteiger partial charge in [0.25, 0.3) is 0 Å². The molecule has 0 radical (unpaired) electrons. The highest BCUT2D eigenvalue weighted by molar-refractivity contribution is 5.14. The Bertz CT molecular complexity index is 336. The zero-order chi connectivity index (χ0) is 13.3. The molecule has 0 aromatic heterocycles. The molecule has 1 aliphatic rings. The van der Waals surface area contributed by atoms with Gasteiger partial charge in [-0.25, -0.2) is 0 Å². The molecular formula is C17H28N2. The Morgan fingerprint density at radius 1 is 1.21 bits per heavy atom. The molecule has 1 unspecified atom stereocenters. The number of hydrogen-bond acceptors (Lipinski definition) is 2. The van der Waals surface area contributed by atoms with E-state index in [0.717, 1.165) is 6.04 Å². The summed E-state index contributed by atoms with van der Waals surface area (Å²) in [5.41, 5.74) is 1.46. The van der Waals surface area contributed by atoms with Crippen LogP contribution in [0.3, 0.4) is 0 Å². The molecule has 1 aliphatic heterocycles. The number of benzene rings is 1. The fourth-order valence-corrected chi connectivity index (χ4v) is 2.82. The Balaban J connectivity index is 1.60. The molecule has 2 heteroatoms. The summed E-state index contributed by atoms with van der Waals surface area (Å²) in [6, 6.07) is 11.6. The molecule has 19 heavy (non-hydrogen) atoms. The van der Waals surface area contributed by atoms with Gasteiger partial charge >= 0.3 is 0 Å². The van der Waals surface area contributed by atoms with Crippen LogP contribution in [0.2, 0.25) is 0 Å². The molecule has 2 rings (SSSR count). The van der Waals surface area contributed by atoms with Crippen LogP contribution in [0.4, 0.5) is 0 Å². The van der Waals surface area contributed by atoms with Gasteiger partial charge in [-0.05, 0) is 37.9 Å². The fourth-order valence-electron chi connectivity index (χ4n) is 2.82. The zero-order valence-corrected chi connectivity index (χ0v) is 12.3. The summed E-state index contributed by atoms with van der Waals surface area (Å²) in [4.78, 5) is 2.60. The van der Waals surface area contributed by atoms with Crippen LogP contribution >= 0.6 is 0 Å². The molecule has 1 atom stereocenters. The third-order valence-corrected chi connectivity index (χ3v) is 4.05. The lowest BCUT2D eigenvalue weighted by molar-refractivity contribution is 0.331. The predicted octanol–water partition coefficient (Wildman–Crippen LogP) is 3.08. The lowest BCUT2D eigenvalue weighted by Gasteiger charge is -2.16. The molecule has 0 aliphatic carbocycles. The summed E-state index contributed by atoms with van der Waals surface area (Å²) in [5.74, 6) is 0. The first-order valence-corrected chi connectivity index (χ1v) is 7.88. The number of nitrogens with zero attached hydrogens (tertiary/aromatic N) is 1. The molecule has 1 fully saturated rings. The van der Waals surface area contributed by atoms with Crippen molar-refractivity contribution < 1.29 is 0 Å². The molecule has 1 aromatic carbocycles. The van der Waals surface area contributed by atoms with Crippen LogP contribution in [0.5, 0.6) is 0 Å². The molecule has 0 bridgehead atoms. The summed E-state index contributed by atoms with van der Waals surface area (Å²) in [6.07, 6.45) is 6.51. The first-order valence-electron chi connectivity index (χ1n) is 7.88. The summed E-state index contributed by atoms with van der Waals surface area (Å²) < 4.78 is 0. The van der Waals surface area contributed by atoms with E-state index in [0.29, 0.717) is 0 Å². The van der Waals surface area contributed by atoms with Crippen LogP contribution in [-0.2, 0) is 6.42 Å². The Morgan fingerprint density at radius 3 is 2.84 bits per heavy atom. The van der Waals surface area contributed by atoms with Gasteiger partial charge in [0.05, 0.1) is 0 Å². The van der Waals surface area contributed by atoms with Crippen LogP contribution in [0, 0.1) is 0 Å². The van der Waals surface area contributed by atoms with E-state index < -0.39 is 0 Å². The van der Waals surface area contributed by atoms with Gasteiger partial charge in [-0.3, -0.25) is 0 Å². The van der Waals surface area contributed by atoms with Crippen molar-refractivity contribution in [3.05, 3.63) is 35.9 Å². The number of hydrogen-bond donors (Lipinski definition) is 1. The molecule has 0 saturated carbocycles. The van der Waals surface area contributed by atoms with Crippen molar-refractivity contribution in [2.24, 2.45) is 0 Å². The molecular weight excluding hydrogens is 232 g/mol. The van der Waals surface area contributed by atoms with E-state index in [4.69, 9.17) is 0 Å². The predicted molar refractivity (Wildman–Crippen MR) is 82.5 cm³/mol. The van der Waals surface area contributed by atoms with Crippen LogP contribution in [0.1, 0.15) is 38.2 Å². The van der Waals surface area contributed by atoms with Crippen molar-refractivity contribution in [2.45, 2.75) is 45.1 Å². The van der Waals surface area contributed by atoms with Crippen molar-refractivity contribution in [2.75, 3.05) is 26.2 Å². The normalized spacial score (nSPS) is 19.9. The largest absolute Gasteiger partial charge is 0.313 e. The summed E-state index contributed by atoms with van der Waals surface area (Å²) in [7, 11) is 0. The van der Waals surface area contributed by atoms with Gasteiger partial charge in [0.15, 0.2) is 0 Å². The first kappa shape index (κ1) is 14.5. The molecule has 0 amide bonds. The summed E-state index contributed by atoms with van der Waals surface area (Å²) >= 11 is 0. The topological polar surface area (TPSA) is 15.3 Å². The number of likely N-dealkylation sites (tertiary alicyclic amines) is 1. The Kier molecular flexibility index (Phi) is 6.38. The summed E-state index contributed by atoms with van der Waals surface area (Å²) in [6.45, 7) is 7.17. The highest BCUT2D eigenvalue weighted by Gasteiger charge is 2.20. The van der Waals surface area contributed by atoms with Gasteiger partial charge < -0.3 is 10.2 Å². The highest BCUT2D eigenvalue weighted by atomic mass is 15.2. The van der Waals surface area contributed by atoms with E-state index in [9.17, 15) is 0 Å². The number of unbranched alkanes of at least 4 members (excludes halogenated alkanes) is 2. The van der Waals surface area contributed by atoms with E-state index in [2.05, 4.69) is 47.5 Å². The van der Waals surface area contributed by atoms with E-state index in [-0.39, 0.29) is 0 Å². The van der Waals surface area contributed by atoms with Crippen molar-refractivity contribution in [1.82, 2.24) is 10.2 Å². The Hall–Kier alpha value is -0.860. The van der Waals surface area contributed by atoms with Crippen molar-refractivity contribution >= 4 is 0 Å². The number of nitrogens with one attached hydrogen (secondary N) is 1. The van der Waals surface area contributed by atoms with E-state index in [1.165, 1.54) is 63.8 Å². The molecule has 0 spiro atoms. The smallest absolute Gasteiger partial charge is 0.0207 e. The van der Waals surface area contributed by atoms with Gasteiger partial charge in [0.2, 0.25) is 0 Å². The van der Waals surface area contributed by atoms with Crippen molar-refractivity contribution in [3.63, 3.8) is 0 Å². The highest BCUT2D eigenvalue weighted by Crippen LogP contribution is 2.10. The third kappa shape index (κ3) is 5.33. The summed E-state index contributed by atoms with van der Waals surface area (Å²) in [5, 5.41) is 3.70. The van der Waals surface area contributed by atoms with Crippen molar-refractivity contribution in [1.29, 1.82) is 0 Å². The first-order chi connectivity index (χ1) is 9.38. The minimum absolute atomic E-state index is 0.729. The van der Waals surface area contributed by atoms with Crippen LogP contribution in [-0.4, -0.2) is 37.1 Å². The maximum atomic E-state index is 3.70. The average Bonchev–Trinajstić information content (AvgIpc) is 2.91. The third-order valence-electron chi connectivity index (χ3n) is 4.05. The zero-order valence-electron chi connectivity index (χ0n) is 12.3. The second-order valence-corrected chi connectivity index (χ2v) is 5.68. The van der Waals surface area contributed by atoms with Crippen molar-refractivity contribution in [3.8, 4) is 0 Å². The standard InChI is InChI=1S/C17H28N2/c1-2-3-7-12-18-17-11-14-19(15-17)13-10-16-8-5-4-6-9-16/h4-6,8-9,17-18H,2-3,7,10-15H2,1H3. The SMILES string of the molecule is CCCCCNC1CCN(CCc2ccccc2)C1. The Morgan fingerprint density at radius 2 is 2.05 bits per heavy atom. The average molecular weight is 260 g/mol. The molecule has 1 saturated heterocycles. The molecule has 1 aromatic rings. The lowest BCUT2D eigenvalue weighted by Crippen LogP contribution is -2.33. The van der Waals surface area contributed by atoms with Gasteiger partial charge in [0.1, 0.15) is 0 Å². The fraction of sp³-hybridized carbons (Fsp3) is 0.647. The monoisotopic (exact) mass is 260 g/mol. The minimum Gasteiger partial charge on any atom is -0.313 e. The van der Waals surface area contributed by atoms with Crippen LogP contribution in [0.15, 0.2) is 30.3 Å². The van der Waals surface area contributed by atoms with Gasteiger partial charge in [-0.2, -0.15) is 0 Å². The van der Waals surface area contributed by atoms with E-state index in [1.807, 2.05) is 0 Å². The quantitative estimate of drug-likeness (QED) is 0.723. The van der Waals surface area contributed by atoms with E-state index >= 15 is 0 Å². The number of rotatable bonds is 8. The minimum atomic E-state index is 0.729.